The summed E-state index contributed by atoms with van der Waals surface area (Å²) in [5, 5.41) is 2.47. The number of benzene rings is 2. The van der Waals surface area contributed by atoms with Gasteiger partial charge in [-0.2, -0.15) is 8.78 Å². The van der Waals surface area contributed by atoms with Crippen molar-refractivity contribution in [2.75, 3.05) is 19.0 Å². The van der Waals surface area contributed by atoms with Crippen LogP contribution in [0.2, 0.25) is 0 Å². The van der Waals surface area contributed by atoms with E-state index in [0.29, 0.717) is 17.0 Å². The van der Waals surface area contributed by atoms with Crippen LogP contribution < -0.4 is 14.8 Å². The number of alkyl halides is 2. The Morgan fingerprint density at radius 2 is 1.81 bits per heavy atom. The summed E-state index contributed by atoms with van der Waals surface area (Å²) in [4.78, 5) is 23.5. The topological polar surface area (TPSA) is 73.9 Å². The van der Waals surface area contributed by atoms with E-state index < -0.39 is 25.1 Å². The van der Waals surface area contributed by atoms with Crippen molar-refractivity contribution >= 4 is 23.6 Å². The van der Waals surface area contributed by atoms with E-state index in [0.717, 1.165) is 0 Å². The number of nitrogens with one attached hydrogen (secondary N) is 1. The number of halogens is 2. The molecule has 0 bridgehead atoms. The average Bonchev–Trinajstić information content (AvgIpc) is 2.66. The molecular weight excluding hydrogens is 360 g/mol. The van der Waals surface area contributed by atoms with Crippen molar-refractivity contribution < 1.29 is 32.6 Å². The molecule has 1 amide bonds. The quantitative estimate of drug-likeness (QED) is 0.563. The molecule has 0 spiro atoms. The van der Waals surface area contributed by atoms with Gasteiger partial charge in [-0.25, -0.2) is 4.79 Å². The molecule has 1 N–H and O–H groups in total. The summed E-state index contributed by atoms with van der Waals surface area (Å²) in [5.74, 6) is -0.706. The number of carbonyl (C=O) groups is 2. The number of para-hydroxylation sites is 1. The minimum atomic E-state index is -2.92. The van der Waals surface area contributed by atoms with Crippen LogP contribution in [0.15, 0.2) is 54.6 Å². The fourth-order valence-electron chi connectivity index (χ4n) is 2.06. The monoisotopic (exact) mass is 377 g/mol. The number of esters is 1. The van der Waals surface area contributed by atoms with Crippen molar-refractivity contribution in [2.24, 2.45) is 0 Å². The smallest absolute Gasteiger partial charge is 0.387 e. The molecule has 0 aliphatic carbocycles. The predicted molar refractivity (Wildman–Crippen MR) is 94.7 cm³/mol. The summed E-state index contributed by atoms with van der Waals surface area (Å²) in [6, 6.07) is 12.4. The highest BCUT2D eigenvalue weighted by Crippen LogP contribution is 2.19. The van der Waals surface area contributed by atoms with Gasteiger partial charge in [-0.15, -0.1) is 0 Å². The second kappa shape index (κ2) is 9.91. The third-order valence-electron chi connectivity index (χ3n) is 3.25. The van der Waals surface area contributed by atoms with Crippen LogP contribution in [-0.2, 0) is 14.3 Å². The number of carbonyl (C=O) groups excluding carboxylic acids is 2. The maximum Gasteiger partial charge on any atom is 0.387 e. The van der Waals surface area contributed by atoms with E-state index in [4.69, 9.17) is 9.47 Å². The fraction of sp³-hybridized carbons (Fsp3) is 0.158. The molecule has 0 heterocycles. The van der Waals surface area contributed by atoms with E-state index >= 15 is 0 Å². The number of amides is 1. The minimum Gasteiger partial charge on any atom is -0.496 e. The largest absolute Gasteiger partial charge is 0.496 e. The molecule has 0 fully saturated rings. The number of rotatable bonds is 8. The molecule has 0 aromatic heterocycles. The van der Waals surface area contributed by atoms with Gasteiger partial charge in [-0.3, -0.25) is 4.79 Å². The molecule has 2 aromatic rings. The van der Waals surface area contributed by atoms with Gasteiger partial charge in [-0.1, -0.05) is 18.2 Å². The molecule has 0 unspecified atom stereocenters. The zero-order valence-electron chi connectivity index (χ0n) is 14.4. The van der Waals surface area contributed by atoms with Crippen LogP contribution in [-0.4, -0.2) is 32.2 Å². The van der Waals surface area contributed by atoms with Gasteiger partial charge < -0.3 is 19.5 Å². The van der Waals surface area contributed by atoms with E-state index in [2.05, 4.69) is 10.1 Å². The van der Waals surface area contributed by atoms with Gasteiger partial charge in [0.2, 0.25) is 0 Å². The van der Waals surface area contributed by atoms with Crippen LogP contribution in [0.4, 0.5) is 14.5 Å². The Hall–Kier alpha value is -3.42. The van der Waals surface area contributed by atoms with E-state index in [1.807, 2.05) is 0 Å². The summed E-state index contributed by atoms with van der Waals surface area (Å²) in [6.07, 6.45) is 2.70. The SMILES string of the molecule is COc1ccccc1C=CC(=O)OCC(=O)Nc1ccc(OC(F)F)cc1. The third-order valence-corrected chi connectivity index (χ3v) is 3.25. The molecule has 0 saturated heterocycles. The molecule has 0 aliphatic heterocycles. The maximum absolute atomic E-state index is 12.1. The summed E-state index contributed by atoms with van der Waals surface area (Å²) >= 11 is 0. The highest BCUT2D eigenvalue weighted by molar-refractivity contribution is 5.94. The van der Waals surface area contributed by atoms with Gasteiger partial charge in [-0.05, 0) is 36.4 Å². The second-order valence-corrected chi connectivity index (χ2v) is 5.13. The molecule has 6 nitrogen and oxygen atoms in total. The maximum atomic E-state index is 12.1. The molecule has 0 radical (unpaired) electrons. The Bertz CT molecular complexity index is 806. The first-order valence-corrected chi connectivity index (χ1v) is 7.80. The number of hydrogen-bond donors (Lipinski definition) is 1. The first kappa shape index (κ1) is 19.9. The standard InChI is InChI=1S/C19H17F2NO5/c1-25-16-5-3-2-4-13(16)6-11-18(24)26-12-17(23)22-14-7-9-15(10-8-14)27-19(20)21/h2-11,19H,12H2,1H3,(H,22,23). The van der Waals surface area contributed by atoms with Gasteiger partial charge in [0.1, 0.15) is 11.5 Å². The molecule has 0 aliphatic rings. The number of methoxy groups -OCH3 is 1. The molecule has 8 heteroatoms. The molecule has 2 rings (SSSR count). The van der Waals surface area contributed by atoms with Gasteiger partial charge in [0.25, 0.3) is 5.91 Å². The molecule has 2 aromatic carbocycles. The Kier molecular flexibility index (Phi) is 7.30. The number of ether oxygens (including phenoxy) is 3. The predicted octanol–water partition coefficient (Wildman–Crippen LogP) is 3.49. The molecular formula is C19H17F2NO5. The molecule has 142 valence electrons. The lowest BCUT2D eigenvalue weighted by atomic mass is 10.2. The summed E-state index contributed by atoms with van der Waals surface area (Å²) in [7, 11) is 1.52. The Morgan fingerprint density at radius 1 is 1.11 bits per heavy atom. The second-order valence-electron chi connectivity index (χ2n) is 5.13. The van der Waals surface area contributed by atoms with Crippen molar-refractivity contribution in [1.82, 2.24) is 0 Å². The minimum absolute atomic E-state index is 0.0316. The Balaban J connectivity index is 1.81. The van der Waals surface area contributed by atoms with Crippen LogP contribution in [0.3, 0.4) is 0 Å². The van der Waals surface area contributed by atoms with E-state index in [9.17, 15) is 18.4 Å². The van der Waals surface area contributed by atoms with Gasteiger partial charge >= 0.3 is 12.6 Å². The van der Waals surface area contributed by atoms with Crippen molar-refractivity contribution in [3.8, 4) is 11.5 Å². The third kappa shape index (κ3) is 6.77. The number of anilines is 1. The Morgan fingerprint density at radius 3 is 2.48 bits per heavy atom. The Labute approximate surface area is 154 Å². The van der Waals surface area contributed by atoms with E-state index in [1.165, 1.54) is 43.5 Å². The van der Waals surface area contributed by atoms with Crippen molar-refractivity contribution in [3.63, 3.8) is 0 Å². The average molecular weight is 377 g/mol. The molecule has 0 saturated carbocycles. The van der Waals surface area contributed by atoms with Gasteiger partial charge in [0.05, 0.1) is 7.11 Å². The van der Waals surface area contributed by atoms with Crippen molar-refractivity contribution in [1.29, 1.82) is 0 Å². The van der Waals surface area contributed by atoms with Gasteiger partial charge in [0.15, 0.2) is 6.61 Å². The highest BCUT2D eigenvalue weighted by Gasteiger charge is 2.08. The lowest BCUT2D eigenvalue weighted by Gasteiger charge is -2.07. The zero-order chi connectivity index (χ0) is 19.6. The first-order valence-electron chi connectivity index (χ1n) is 7.80. The van der Waals surface area contributed by atoms with Crippen LogP contribution in [0.1, 0.15) is 5.56 Å². The van der Waals surface area contributed by atoms with E-state index in [1.54, 1.807) is 24.3 Å². The molecule has 0 atom stereocenters. The van der Waals surface area contributed by atoms with Crippen LogP contribution in [0.5, 0.6) is 11.5 Å². The first-order chi connectivity index (χ1) is 13.0. The lowest BCUT2D eigenvalue weighted by molar-refractivity contribution is -0.142. The summed E-state index contributed by atoms with van der Waals surface area (Å²) in [5.41, 5.74) is 1.04. The number of hydrogen-bond acceptors (Lipinski definition) is 5. The summed E-state index contributed by atoms with van der Waals surface area (Å²) in [6.45, 7) is -3.42. The normalized spacial score (nSPS) is 10.7. The zero-order valence-corrected chi connectivity index (χ0v) is 14.4. The van der Waals surface area contributed by atoms with Crippen molar-refractivity contribution in [3.05, 3.63) is 60.2 Å². The van der Waals surface area contributed by atoms with E-state index in [-0.39, 0.29) is 5.75 Å². The van der Waals surface area contributed by atoms with Crippen LogP contribution in [0.25, 0.3) is 6.08 Å². The summed E-state index contributed by atoms with van der Waals surface area (Å²) < 4.78 is 38.3. The fourth-order valence-corrected chi connectivity index (χ4v) is 2.06. The van der Waals surface area contributed by atoms with Crippen molar-refractivity contribution in [2.45, 2.75) is 6.61 Å². The van der Waals surface area contributed by atoms with Crippen LogP contribution >= 0.6 is 0 Å². The van der Waals surface area contributed by atoms with Gasteiger partial charge in [0, 0.05) is 17.3 Å². The van der Waals surface area contributed by atoms with Crippen LogP contribution in [0, 0.1) is 0 Å². The molecule has 27 heavy (non-hydrogen) atoms. The lowest BCUT2D eigenvalue weighted by Crippen LogP contribution is -2.20. The highest BCUT2D eigenvalue weighted by atomic mass is 19.3.